The number of carbonyl (C=O) groups is 2. The summed E-state index contributed by atoms with van der Waals surface area (Å²) in [4.78, 5) is 24.9. The van der Waals surface area contributed by atoms with E-state index in [4.69, 9.17) is 4.11 Å². The van der Waals surface area contributed by atoms with Gasteiger partial charge in [0.15, 0.2) is 11.6 Å². The van der Waals surface area contributed by atoms with Crippen molar-refractivity contribution in [2.75, 3.05) is 6.61 Å². The zero-order valence-corrected chi connectivity index (χ0v) is 16.1. The van der Waals surface area contributed by atoms with Gasteiger partial charge < -0.3 is 15.3 Å². The number of Topliss-reactive ketones (excluding diaryl/α,β-unsaturated/α-hetero) is 1. The van der Waals surface area contributed by atoms with Crippen LogP contribution < -0.4 is 0 Å². The first-order chi connectivity index (χ1) is 13.9. The molecule has 148 valence electrons. The molecule has 4 aliphatic carbocycles. The highest BCUT2D eigenvalue weighted by molar-refractivity contribution is 6.01. The number of ketones is 2. The van der Waals surface area contributed by atoms with Gasteiger partial charge in [0.2, 0.25) is 0 Å². The molecule has 0 aromatic rings. The van der Waals surface area contributed by atoms with Crippen molar-refractivity contribution in [3.63, 3.8) is 0 Å². The highest BCUT2D eigenvalue weighted by Crippen LogP contribution is 2.67. The maximum Gasteiger partial charge on any atom is 0.190 e. The van der Waals surface area contributed by atoms with Gasteiger partial charge in [-0.3, -0.25) is 9.59 Å². The molecule has 0 aromatic heterocycles. The van der Waals surface area contributed by atoms with Crippen LogP contribution in [0, 0.1) is 34.5 Å². The van der Waals surface area contributed by atoms with Gasteiger partial charge in [0.05, 0.1) is 10.2 Å². The predicted octanol–water partition coefficient (Wildman–Crippen LogP) is 1.80. The number of carbonyl (C=O) groups excluding carboxylic acids is 2. The van der Waals surface area contributed by atoms with Crippen molar-refractivity contribution in [2.45, 2.75) is 58.2 Å². The fraction of sp³-hybridized carbons (Fsp3) is 0.727. The van der Waals surface area contributed by atoms with Gasteiger partial charge in [-0.25, -0.2) is 0 Å². The van der Waals surface area contributed by atoms with Gasteiger partial charge in [-0.2, -0.15) is 0 Å². The molecular formula is C22H30O5. The molecule has 3 saturated carbocycles. The number of hydrogen-bond acceptors (Lipinski definition) is 5. The molecule has 8 atom stereocenters. The molecule has 27 heavy (non-hydrogen) atoms. The second-order valence-corrected chi connectivity index (χ2v) is 9.42. The van der Waals surface area contributed by atoms with E-state index in [-0.39, 0.29) is 42.7 Å². The van der Waals surface area contributed by atoms with Crippen LogP contribution in [0.25, 0.3) is 0 Å². The lowest BCUT2D eigenvalue weighted by Gasteiger charge is -2.60. The van der Waals surface area contributed by atoms with Gasteiger partial charge in [0.25, 0.3) is 0 Å². The number of aliphatic hydroxyl groups excluding tert-OH is 2. The summed E-state index contributed by atoms with van der Waals surface area (Å²) in [5.74, 6) is -2.29. The Hall–Kier alpha value is -1.30. The first-order valence-corrected chi connectivity index (χ1v) is 9.84. The van der Waals surface area contributed by atoms with Crippen molar-refractivity contribution < 1.29 is 29.0 Å². The molecule has 0 aliphatic heterocycles. The molecule has 5 heteroatoms. The van der Waals surface area contributed by atoms with E-state index in [0.717, 1.165) is 0 Å². The molecule has 0 aromatic carbocycles. The second-order valence-electron chi connectivity index (χ2n) is 9.42. The van der Waals surface area contributed by atoms with Crippen LogP contribution in [0.1, 0.15) is 50.6 Å². The molecule has 3 fully saturated rings. The number of fused-ring (bicyclic) bond motifs is 5. The van der Waals surface area contributed by atoms with E-state index < -0.39 is 52.7 Å². The fourth-order valence-corrected chi connectivity index (χ4v) is 7.05. The van der Waals surface area contributed by atoms with Gasteiger partial charge in [-0.1, -0.05) is 32.4 Å². The first-order valence-electron chi connectivity index (χ1n) is 11.3. The lowest BCUT2D eigenvalue weighted by Crippen LogP contribution is -2.62. The SMILES string of the molecule is [2H]C1=C([2H])[C@@]2(C)C(=C([2H])C1=O)[C@@H](C)C[C@@H]1[C@@H]2C(O)C[C@@]2(C)[C@H]1CC[C@]2(O)C(=O)CO. The maximum absolute atomic E-state index is 12.5. The zero-order chi connectivity index (χ0) is 22.4. The quantitative estimate of drug-likeness (QED) is 0.682. The van der Waals surface area contributed by atoms with Gasteiger partial charge in [0, 0.05) is 16.7 Å². The Bertz CT molecular complexity index is 897. The number of aliphatic hydroxyl groups is 3. The number of hydrogen-bond donors (Lipinski definition) is 3. The summed E-state index contributed by atoms with van der Waals surface area (Å²) in [5.41, 5.74) is -3.19. The van der Waals surface area contributed by atoms with Crippen molar-refractivity contribution in [1.82, 2.24) is 0 Å². The predicted molar refractivity (Wildman–Crippen MR) is 99.6 cm³/mol. The van der Waals surface area contributed by atoms with Gasteiger partial charge in [0.1, 0.15) is 12.2 Å². The van der Waals surface area contributed by atoms with Crippen LogP contribution in [0.5, 0.6) is 0 Å². The monoisotopic (exact) mass is 377 g/mol. The summed E-state index contributed by atoms with van der Waals surface area (Å²) in [6, 6.07) is -0.871. The molecule has 0 amide bonds. The molecule has 0 bridgehead atoms. The van der Waals surface area contributed by atoms with E-state index in [1.807, 2.05) is 13.8 Å². The molecule has 3 N–H and O–H groups in total. The minimum atomic E-state index is -1.71. The molecular weight excluding hydrogens is 344 g/mol. The van der Waals surface area contributed by atoms with Crippen LogP contribution >= 0.6 is 0 Å². The summed E-state index contributed by atoms with van der Waals surface area (Å²) >= 11 is 0. The molecule has 1 unspecified atom stereocenters. The molecule has 4 rings (SSSR count). The highest BCUT2D eigenvalue weighted by atomic mass is 16.3. The van der Waals surface area contributed by atoms with Crippen LogP contribution in [0.15, 0.2) is 23.7 Å². The van der Waals surface area contributed by atoms with Crippen LogP contribution in [0.4, 0.5) is 0 Å². The Balaban J connectivity index is 1.86. The standard InChI is InChI=1S/C22H30O5/c1-12-8-14-15-5-7-22(27,18(26)11-23)21(15,3)10-17(25)19(14)20(2)6-4-13(24)9-16(12)20/h4,6,9,12,14-15,17,19,23,25,27H,5,7-8,10-11H2,1-3H3/t12-,14-,15-,17?,19+,20-,21-,22-/m0/s1/i4D,6D,9D. The van der Waals surface area contributed by atoms with Crippen LogP contribution in [-0.4, -0.2) is 45.2 Å². The number of rotatable bonds is 2. The van der Waals surface area contributed by atoms with Crippen LogP contribution in [-0.2, 0) is 9.59 Å². The first kappa shape index (κ1) is 15.6. The van der Waals surface area contributed by atoms with E-state index in [1.54, 1.807) is 6.92 Å². The van der Waals surface area contributed by atoms with Gasteiger partial charge in [-0.05, 0) is 55.5 Å². The zero-order valence-electron chi connectivity index (χ0n) is 19.1. The average Bonchev–Trinajstić information content (AvgIpc) is 2.95. The Labute approximate surface area is 164 Å². The van der Waals surface area contributed by atoms with Crippen LogP contribution in [0.3, 0.4) is 0 Å². The Morgan fingerprint density at radius 2 is 2.11 bits per heavy atom. The minimum Gasteiger partial charge on any atom is -0.393 e. The van der Waals surface area contributed by atoms with Crippen molar-refractivity contribution in [2.24, 2.45) is 34.5 Å². The molecule has 4 aliphatic rings. The highest BCUT2D eigenvalue weighted by Gasteiger charge is 2.68. The van der Waals surface area contributed by atoms with E-state index in [2.05, 4.69) is 0 Å². The Kier molecular flexibility index (Phi) is 3.38. The normalized spacial score (nSPS) is 53.9. The summed E-state index contributed by atoms with van der Waals surface area (Å²) in [6.07, 6.45) is 0.500. The topological polar surface area (TPSA) is 94.8 Å². The molecule has 0 spiro atoms. The van der Waals surface area contributed by atoms with Crippen molar-refractivity contribution in [3.8, 4) is 0 Å². The summed E-state index contributed by atoms with van der Waals surface area (Å²) in [6.45, 7) is 4.73. The molecule has 5 nitrogen and oxygen atoms in total. The van der Waals surface area contributed by atoms with E-state index in [0.29, 0.717) is 18.4 Å². The van der Waals surface area contributed by atoms with Gasteiger partial charge >= 0.3 is 0 Å². The van der Waals surface area contributed by atoms with Crippen molar-refractivity contribution >= 4 is 11.6 Å². The molecule has 0 saturated heterocycles. The smallest absolute Gasteiger partial charge is 0.190 e. The summed E-state index contributed by atoms with van der Waals surface area (Å²) < 4.78 is 25.1. The lowest BCUT2D eigenvalue weighted by atomic mass is 9.45. The minimum absolute atomic E-state index is 0.110. The Morgan fingerprint density at radius 1 is 1.41 bits per heavy atom. The molecule has 0 heterocycles. The molecule has 0 radical (unpaired) electrons. The second kappa shape index (κ2) is 5.85. The van der Waals surface area contributed by atoms with E-state index in [9.17, 15) is 24.9 Å². The average molecular weight is 377 g/mol. The van der Waals surface area contributed by atoms with E-state index >= 15 is 0 Å². The maximum atomic E-state index is 12.5. The third kappa shape index (κ3) is 2.28. The van der Waals surface area contributed by atoms with E-state index in [1.165, 1.54) is 0 Å². The fourth-order valence-electron chi connectivity index (χ4n) is 7.05. The third-order valence-electron chi connectivity index (χ3n) is 8.24. The lowest BCUT2D eigenvalue weighted by molar-refractivity contribution is -0.180. The summed E-state index contributed by atoms with van der Waals surface area (Å²) in [7, 11) is 0. The largest absolute Gasteiger partial charge is 0.393 e. The van der Waals surface area contributed by atoms with Crippen molar-refractivity contribution in [3.05, 3.63) is 23.7 Å². The van der Waals surface area contributed by atoms with Gasteiger partial charge in [-0.15, -0.1) is 0 Å². The number of allylic oxidation sites excluding steroid dienone is 4. The Morgan fingerprint density at radius 3 is 2.78 bits per heavy atom. The summed E-state index contributed by atoms with van der Waals surface area (Å²) in [5, 5.41) is 32.0. The van der Waals surface area contributed by atoms with Crippen molar-refractivity contribution in [1.29, 1.82) is 0 Å². The van der Waals surface area contributed by atoms with Crippen LogP contribution in [0.2, 0.25) is 0 Å². The third-order valence-corrected chi connectivity index (χ3v) is 8.24.